The van der Waals surface area contributed by atoms with E-state index in [0.29, 0.717) is 23.8 Å². The minimum absolute atomic E-state index is 0.00881. The Bertz CT molecular complexity index is 870. The van der Waals surface area contributed by atoms with Crippen molar-refractivity contribution in [3.63, 3.8) is 0 Å². The Morgan fingerprint density at radius 2 is 2.08 bits per heavy atom. The van der Waals surface area contributed by atoms with Crippen molar-refractivity contribution in [2.45, 2.75) is 31.3 Å². The van der Waals surface area contributed by atoms with Crippen LogP contribution in [0, 0.1) is 6.92 Å². The highest BCUT2D eigenvalue weighted by molar-refractivity contribution is 7.89. The van der Waals surface area contributed by atoms with Gasteiger partial charge < -0.3 is 9.15 Å². The number of aromatic nitrogens is 1. The number of sulfonamides is 1. The standard InChI is InChI=1S/C16H17ClN2O5S/c1-11-14(25(21,22)19-6-2-3-7-19)8-13(24-11)16(20)23-10-12-4-5-15(17)18-9-12/h4-5,8-9H,2-3,6-7,10H2,1H3. The van der Waals surface area contributed by atoms with Crippen molar-refractivity contribution in [2.24, 2.45) is 0 Å². The average molecular weight is 385 g/mol. The highest BCUT2D eigenvalue weighted by Crippen LogP contribution is 2.26. The van der Waals surface area contributed by atoms with Crippen LogP contribution in [-0.4, -0.2) is 36.8 Å². The number of aryl methyl sites for hydroxylation is 1. The van der Waals surface area contributed by atoms with Gasteiger partial charge in [-0.15, -0.1) is 0 Å². The molecule has 0 amide bonds. The van der Waals surface area contributed by atoms with Crippen LogP contribution in [0.1, 0.15) is 34.7 Å². The van der Waals surface area contributed by atoms with Crippen molar-refractivity contribution in [2.75, 3.05) is 13.1 Å². The summed E-state index contributed by atoms with van der Waals surface area (Å²) in [5.74, 6) is -0.704. The van der Waals surface area contributed by atoms with Crippen molar-refractivity contribution in [3.8, 4) is 0 Å². The van der Waals surface area contributed by atoms with E-state index in [1.54, 1.807) is 12.1 Å². The van der Waals surface area contributed by atoms with Crippen LogP contribution in [0.5, 0.6) is 0 Å². The maximum absolute atomic E-state index is 12.6. The number of ether oxygens (including phenoxy) is 1. The molecule has 0 saturated carbocycles. The first-order chi connectivity index (χ1) is 11.9. The van der Waals surface area contributed by atoms with Gasteiger partial charge in [0.05, 0.1) is 0 Å². The van der Waals surface area contributed by atoms with Gasteiger partial charge >= 0.3 is 5.97 Å². The molecule has 0 N–H and O–H groups in total. The first-order valence-corrected chi connectivity index (χ1v) is 9.58. The fourth-order valence-electron chi connectivity index (χ4n) is 2.60. The lowest BCUT2D eigenvalue weighted by atomic mass is 10.3. The average Bonchev–Trinajstić information content (AvgIpc) is 3.24. The summed E-state index contributed by atoms with van der Waals surface area (Å²) in [4.78, 5) is 16.0. The van der Waals surface area contributed by atoms with Crippen molar-refractivity contribution in [1.29, 1.82) is 0 Å². The van der Waals surface area contributed by atoms with Gasteiger partial charge in [-0.05, 0) is 25.8 Å². The van der Waals surface area contributed by atoms with Crippen molar-refractivity contribution >= 4 is 27.6 Å². The molecule has 134 valence electrons. The Labute approximate surface area is 150 Å². The van der Waals surface area contributed by atoms with Crippen molar-refractivity contribution in [3.05, 3.63) is 46.6 Å². The predicted octanol–water partition coefficient (Wildman–Crippen LogP) is 2.78. The lowest BCUT2D eigenvalue weighted by Crippen LogP contribution is -2.28. The van der Waals surface area contributed by atoms with E-state index in [1.807, 2.05) is 0 Å². The Balaban J connectivity index is 1.72. The third-order valence-electron chi connectivity index (χ3n) is 3.91. The Morgan fingerprint density at radius 3 is 2.72 bits per heavy atom. The first-order valence-electron chi connectivity index (χ1n) is 7.76. The Hall–Kier alpha value is -1.90. The summed E-state index contributed by atoms with van der Waals surface area (Å²) < 4.78 is 37.0. The summed E-state index contributed by atoms with van der Waals surface area (Å²) in [6, 6.07) is 4.49. The van der Waals surface area contributed by atoms with Crippen LogP contribution < -0.4 is 0 Å². The smallest absolute Gasteiger partial charge is 0.374 e. The van der Waals surface area contributed by atoms with Gasteiger partial charge in [0.1, 0.15) is 22.4 Å². The second-order valence-corrected chi connectivity index (χ2v) is 8.00. The van der Waals surface area contributed by atoms with Gasteiger partial charge in [0, 0.05) is 30.9 Å². The molecular weight excluding hydrogens is 368 g/mol. The lowest BCUT2D eigenvalue weighted by molar-refractivity contribution is 0.0434. The molecule has 25 heavy (non-hydrogen) atoms. The number of pyridine rings is 1. The van der Waals surface area contributed by atoms with Gasteiger partial charge in [0.25, 0.3) is 0 Å². The topological polar surface area (TPSA) is 89.7 Å². The lowest BCUT2D eigenvalue weighted by Gasteiger charge is -2.14. The number of esters is 1. The molecule has 0 radical (unpaired) electrons. The summed E-state index contributed by atoms with van der Waals surface area (Å²) in [5.41, 5.74) is 0.658. The first kappa shape index (κ1) is 17.9. The molecule has 3 rings (SSSR count). The minimum atomic E-state index is -3.65. The predicted molar refractivity (Wildman–Crippen MR) is 89.8 cm³/mol. The van der Waals surface area contributed by atoms with Crippen molar-refractivity contribution in [1.82, 2.24) is 9.29 Å². The molecule has 7 nitrogen and oxygen atoms in total. The van der Waals surface area contributed by atoms with Gasteiger partial charge in [-0.3, -0.25) is 0 Å². The van der Waals surface area contributed by atoms with E-state index < -0.39 is 16.0 Å². The minimum Gasteiger partial charge on any atom is -0.455 e. The molecule has 1 saturated heterocycles. The van der Waals surface area contributed by atoms with Gasteiger partial charge in [-0.1, -0.05) is 17.7 Å². The molecule has 0 atom stereocenters. The summed E-state index contributed by atoms with van der Waals surface area (Å²) in [6.45, 7) is 2.46. The SMILES string of the molecule is Cc1oc(C(=O)OCc2ccc(Cl)nc2)cc1S(=O)(=O)N1CCCC1. The number of furan rings is 1. The van der Waals surface area contributed by atoms with Gasteiger partial charge in [-0.25, -0.2) is 18.2 Å². The van der Waals surface area contributed by atoms with E-state index >= 15 is 0 Å². The largest absolute Gasteiger partial charge is 0.455 e. The molecule has 1 aliphatic heterocycles. The second kappa shape index (κ2) is 7.15. The van der Waals surface area contributed by atoms with Crippen LogP contribution in [0.25, 0.3) is 0 Å². The quantitative estimate of drug-likeness (QED) is 0.581. The second-order valence-electron chi connectivity index (χ2n) is 5.71. The van der Waals surface area contributed by atoms with Crippen molar-refractivity contribution < 1.29 is 22.4 Å². The normalized spacial score (nSPS) is 15.4. The number of nitrogens with zero attached hydrogens (tertiary/aromatic N) is 2. The molecule has 0 bridgehead atoms. The van der Waals surface area contributed by atoms with E-state index in [4.69, 9.17) is 20.8 Å². The highest BCUT2D eigenvalue weighted by atomic mass is 35.5. The maximum atomic E-state index is 12.6. The molecule has 1 fully saturated rings. The van der Waals surface area contributed by atoms with Gasteiger partial charge in [0.2, 0.25) is 15.8 Å². The molecular formula is C16H17ClN2O5S. The number of hydrogen-bond acceptors (Lipinski definition) is 6. The zero-order valence-corrected chi connectivity index (χ0v) is 15.1. The highest BCUT2D eigenvalue weighted by Gasteiger charge is 2.32. The Kier molecular flexibility index (Phi) is 5.12. The number of carbonyl (C=O) groups is 1. The number of hydrogen-bond donors (Lipinski definition) is 0. The molecule has 0 aliphatic carbocycles. The van der Waals surface area contributed by atoms with Crippen LogP contribution >= 0.6 is 11.6 Å². The fourth-order valence-corrected chi connectivity index (χ4v) is 4.39. The van der Waals surface area contributed by atoms with E-state index in [-0.39, 0.29) is 23.0 Å². The van der Waals surface area contributed by atoms with E-state index in [9.17, 15) is 13.2 Å². The van der Waals surface area contributed by atoms with E-state index in [0.717, 1.165) is 12.8 Å². The molecule has 1 aliphatic rings. The molecule has 2 aromatic rings. The molecule has 0 spiro atoms. The van der Waals surface area contributed by atoms with E-state index in [1.165, 1.54) is 23.5 Å². The Morgan fingerprint density at radius 1 is 1.36 bits per heavy atom. The number of halogens is 1. The molecule has 0 aromatic carbocycles. The van der Waals surface area contributed by atoms with Crippen LogP contribution in [0.15, 0.2) is 33.7 Å². The third-order valence-corrected chi connectivity index (χ3v) is 6.14. The monoisotopic (exact) mass is 384 g/mol. The van der Waals surface area contributed by atoms with Crippen LogP contribution in [0.3, 0.4) is 0 Å². The van der Waals surface area contributed by atoms with Gasteiger partial charge in [-0.2, -0.15) is 4.31 Å². The molecule has 0 unspecified atom stereocenters. The third kappa shape index (κ3) is 3.86. The summed E-state index contributed by atoms with van der Waals surface area (Å²) >= 11 is 5.69. The summed E-state index contributed by atoms with van der Waals surface area (Å²) in [7, 11) is -3.65. The fraction of sp³-hybridized carbons (Fsp3) is 0.375. The zero-order valence-electron chi connectivity index (χ0n) is 13.6. The van der Waals surface area contributed by atoms with Gasteiger partial charge in [0.15, 0.2) is 0 Å². The number of rotatable bonds is 5. The molecule has 9 heteroatoms. The summed E-state index contributed by atoms with van der Waals surface area (Å²) in [6.07, 6.45) is 3.16. The van der Waals surface area contributed by atoms with Crippen LogP contribution in [-0.2, 0) is 21.4 Å². The zero-order chi connectivity index (χ0) is 18.0. The maximum Gasteiger partial charge on any atom is 0.374 e. The van der Waals surface area contributed by atoms with Crippen LogP contribution in [0.2, 0.25) is 5.15 Å². The molecule has 2 aromatic heterocycles. The van der Waals surface area contributed by atoms with E-state index in [2.05, 4.69) is 4.98 Å². The summed E-state index contributed by atoms with van der Waals surface area (Å²) in [5, 5.41) is 0.341. The molecule has 3 heterocycles. The number of carbonyl (C=O) groups excluding carboxylic acids is 1. The van der Waals surface area contributed by atoms with Crippen LogP contribution in [0.4, 0.5) is 0 Å².